The Hall–Kier alpha value is -3.46. The summed E-state index contributed by atoms with van der Waals surface area (Å²) in [6, 6.07) is 13.1. The van der Waals surface area contributed by atoms with Crippen molar-refractivity contribution >= 4 is 29.0 Å². The van der Waals surface area contributed by atoms with Gasteiger partial charge in [0.25, 0.3) is 0 Å². The summed E-state index contributed by atoms with van der Waals surface area (Å²) in [7, 11) is 0. The summed E-state index contributed by atoms with van der Waals surface area (Å²) in [6.07, 6.45) is 0.217. The van der Waals surface area contributed by atoms with E-state index >= 15 is 0 Å². The first-order valence-electron chi connectivity index (χ1n) is 10.8. The molecule has 3 amide bonds. The Morgan fingerprint density at radius 1 is 1.06 bits per heavy atom. The number of ether oxygens (including phenoxy) is 1. The lowest BCUT2D eigenvalue weighted by Crippen LogP contribution is -2.52. The number of carbonyl (C=O) groups excluding carboxylic acids is 2. The molecule has 9 heteroatoms. The predicted octanol–water partition coefficient (Wildman–Crippen LogP) is 4.27. The fourth-order valence-corrected chi connectivity index (χ4v) is 4.45. The lowest BCUT2D eigenvalue weighted by atomic mass is 10.2. The van der Waals surface area contributed by atoms with Crippen molar-refractivity contribution < 1.29 is 18.7 Å². The predicted molar refractivity (Wildman–Crippen MR) is 126 cm³/mol. The number of piperazine rings is 1. The molecule has 1 N–H and O–H groups in total. The Bertz CT molecular complexity index is 1110. The molecule has 0 bridgehead atoms. The molecule has 1 aliphatic rings. The molecule has 0 saturated carbocycles. The van der Waals surface area contributed by atoms with Crippen LogP contribution < -0.4 is 10.1 Å². The highest BCUT2D eigenvalue weighted by Crippen LogP contribution is 2.32. The van der Waals surface area contributed by atoms with Gasteiger partial charge in [-0.05, 0) is 43.3 Å². The van der Waals surface area contributed by atoms with E-state index in [-0.39, 0.29) is 24.2 Å². The Morgan fingerprint density at radius 3 is 2.48 bits per heavy atom. The van der Waals surface area contributed by atoms with Crippen molar-refractivity contribution in [2.24, 2.45) is 0 Å². The van der Waals surface area contributed by atoms with E-state index in [1.165, 1.54) is 35.6 Å². The molecule has 3 aromatic rings. The van der Waals surface area contributed by atoms with Crippen molar-refractivity contribution in [3.63, 3.8) is 0 Å². The van der Waals surface area contributed by atoms with E-state index in [1.54, 1.807) is 9.80 Å². The van der Waals surface area contributed by atoms with Gasteiger partial charge in [0.2, 0.25) is 5.91 Å². The van der Waals surface area contributed by atoms with Crippen LogP contribution in [-0.2, 0) is 11.2 Å². The van der Waals surface area contributed by atoms with Crippen LogP contribution in [0.2, 0.25) is 0 Å². The molecule has 172 valence electrons. The third kappa shape index (κ3) is 5.67. The molecule has 7 nitrogen and oxygen atoms in total. The highest BCUT2D eigenvalue weighted by molar-refractivity contribution is 7.13. The summed E-state index contributed by atoms with van der Waals surface area (Å²) in [5.41, 5.74) is 2.18. The molecule has 33 heavy (non-hydrogen) atoms. The number of aromatic nitrogens is 1. The molecule has 1 fully saturated rings. The van der Waals surface area contributed by atoms with Gasteiger partial charge in [-0.3, -0.25) is 4.79 Å². The highest BCUT2D eigenvalue weighted by atomic mass is 32.1. The molecule has 1 aromatic heterocycles. The first-order valence-corrected chi connectivity index (χ1v) is 11.7. The summed E-state index contributed by atoms with van der Waals surface area (Å²) in [5.74, 6) is 0.414. The van der Waals surface area contributed by atoms with Gasteiger partial charge in [0.05, 0.1) is 24.3 Å². The zero-order valence-electron chi connectivity index (χ0n) is 18.3. The van der Waals surface area contributed by atoms with Crippen molar-refractivity contribution in [2.45, 2.75) is 13.3 Å². The Balaban J connectivity index is 1.30. The van der Waals surface area contributed by atoms with Crippen LogP contribution in [0.25, 0.3) is 10.6 Å². The van der Waals surface area contributed by atoms with Gasteiger partial charge in [0.15, 0.2) is 0 Å². The Kier molecular flexibility index (Phi) is 7.19. The number of carbonyl (C=O) groups is 2. The average molecular weight is 469 g/mol. The topological polar surface area (TPSA) is 74.8 Å². The van der Waals surface area contributed by atoms with Crippen molar-refractivity contribution in [1.29, 1.82) is 0 Å². The lowest BCUT2D eigenvalue weighted by molar-refractivity contribution is -0.131. The molecule has 0 spiro atoms. The van der Waals surface area contributed by atoms with Crippen LogP contribution in [0.1, 0.15) is 12.6 Å². The van der Waals surface area contributed by atoms with Crippen LogP contribution in [0.15, 0.2) is 53.9 Å². The van der Waals surface area contributed by atoms with Gasteiger partial charge in [-0.15, -0.1) is 11.3 Å². The molecule has 2 heterocycles. The number of para-hydroxylation sites is 1. The number of urea groups is 1. The number of halogens is 1. The third-order valence-corrected chi connectivity index (χ3v) is 6.24. The molecular formula is C24H25FN4O3S. The van der Waals surface area contributed by atoms with E-state index in [4.69, 9.17) is 4.74 Å². The number of hydrogen-bond acceptors (Lipinski definition) is 5. The smallest absolute Gasteiger partial charge is 0.321 e. The SMILES string of the molecule is CCOc1ccccc1-c1nc(CC(=O)N2CCN(C(=O)Nc3ccc(F)cc3)CC2)cs1. The van der Waals surface area contributed by atoms with E-state index < -0.39 is 0 Å². The average Bonchev–Trinajstić information content (AvgIpc) is 3.29. The van der Waals surface area contributed by atoms with Gasteiger partial charge < -0.3 is 19.9 Å². The van der Waals surface area contributed by atoms with Crippen LogP contribution >= 0.6 is 11.3 Å². The van der Waals surface area contributed by atoms with Crippen molar-refractivity contribution in [3.8, 4) is 16.3 Å². The van der Waals surface area contributed by atoms with Crippen molar-refractivity contribution in [1.82, 2.24) is 14.8 Å². The maximum Gasteiger partial charge on any atom is 0.321 e. The van der Waals surface area contributed by atoms with Gasteiger partial charge in [0.1, 0.15) is 16.6 Å². The molecule has 0 atom stereocenters. The van der Waals surface area contributed by atoms with Crippen molar-refractivity contribution in [3.05, 3.63) is 65.4 Å². The Morgan fingerprint density at radius 2 is 1.76 bits per heavy atom. The minimum absolute atomic E-state index is 0.0106. The second kappa shape index (κ2) is 10.4. The van der Waals surface area contributed by atoms with Crippen LogP contribution in [0, 0.1) is 5.82 Å². The third-order valence-electron chi connectivity index (χ3n) is 5.32. The number of hydrogen-bond donors (Lipinski definition) is 1. The summed E-state index contributed by atoms with van der Waals surface area (Å²) in [5, 5.41) is 5.48. The van der Waals surface area contributed by atoms with Gasteiger partial charge in [-0.1, -0.05) is 12.1 Å². The molecule has 0 radical (unpaired) electrons. The van der Waals surface area contributed by atoms with Crippen LogP contribution in [-0.4, -0.2) is 59.5 Å². The quantitative estimate of drug-likeness (QED) is 0.586. The Labute approximate surface area is 195 Å². The summed E-state index contributed by atoms with van der Waals surface area (Å²) in [6.45, 7) is 4.29. The minimum Gasteiger partial charge on any atom is -0.493 e. The first kappa shape index (κ1) is 22.7. The zero-order valence-corrected chi connectivity index (χ0v) is 19.1. The molecule has 0 unspecified atom stereocenters. The standard InChI is InChI=1S/C24H25FN4O3S/c1-2-32-21-6-4-3-5-20(21)23-26-19(16-33-23)15-22(30)28-11-13-29(14-12-28)24(31)27-18-9-7-17(25)8-10-18/h3-10,16H,2,11-15H2,1H3,(H,27,31). The van der Waals surface area contributed by atoms with Crippen molar-refractivity contribution in [2.75, 3.05) is 38.1 Å². The molecule has 1 saturated heterocycles. The van der Waals surface area contributed by atoms with Gasteiger partial charge in [0, 0.05) is 37.2 Å². The van der Waals surface area contributed by atoms with E-state index in [1.807, 2.05) is 36.6 Å². The number of nitrogens with one attached hydrogen (secondary N) is 1. The second-order valence-electron chi connectivity index (χ2n) is 7.55. The molecule has 1 aliphatic heterocycles. The molecule has 4 rings (SSSR count). The normalized spacial score (nSPS) is 13.6. The van der Waals surface area contributed by atoms with Gasteiger partial charge in [-0.25, -0.2) is 14.2 Å². The maximum absolute atomic E-state index is 13.0. The molecule has 2 aromatic carbocycles. The number of rotatable bonds is 6. The first-order chi connectivity index (χ1) is 16.0. The second-order valence-corrected chi connectivity index (χ2v) is 8.41. The number of benzene rings is 2. The summed E-state index contributed by atoms with van der Waals surface area (Å²) >= 11 is 1.49. The lowest BCUT2D eigenvalue weighted by Gasteiger charge is -2.34. The number of anilines is 1. The minimum atomic E-state index is -0.356. The van der Waals surface area contributed by atoms with E-state index in [0.717, 1.165) is 22.0 Å². The number of nitrogens with zero attached hydrogens (tertiary/aromatic N) is 3. The van der Waals surface area contributed by atoms with Crippen LogP contribution in [0.3, 0.4) is 0 Å². The highest BCUT2D eigenvalue weighted by Gasteiger charge is 2.25. The maximum atomic E-state index is 13.0. The number of thiazole rings is 1. The molecular weight excluding hydrogens is 443 g/mol. The largest absolute Gasteiger partial charge is 0.493 e. The van der Waals surface area contributed by atoms with Gasteiger partial charge in [-0.2, -0.15) is 0 Å². The van der Waals surface area contributed by atoms with Gasteiger partial charge >= 0.3 is 6.03 Å². The van der Waals surface area contributed by atoms with E-state index in [2.05, 4.69) is 10.3 Å². The van der Waals surface area contributed by atoms with E-state index in [9.17, 15) is 14.0 Å². The fourth-order valence-electron chi connectivity index (χ4n) is 3.60. The number of amides is 3. The van der Waals surface area contributed by atoms with Crippen LogP contribution in [0.5, 0.6) is 5.75 Å². The summed E-state index contributed by atoms with van der Waals surface area (Å²) < 4.78 is 18.7. The summed E-state index contributed by atoms with van der Waals surface area (Å²) in [4.78, 5) is 33.3. The van der Waals surface area contributed by atoms with Crippen LogP contribution in [0.4, 0.5) is 14.9 Å². The van der Waals surface area contributed by atoms with E-state index in [0.29, 0.717) is 38.5 Å². The monoisotopic (exact) mass is 468 g/mol. The fraction of sp³-hybridized carbons (Fsp3) is 0.292. The zero-order chi connectivity index (χ0) is 23.2. The molecule has 0 aliphatic carbocycles.